The Morgan fingerprint density at radius 2 is 2.00 bits per heavy atom. The molecule has 1 aromatic rings. The highest BCUT2D eigenvalue weighted by atomic mass is 127. The topological polar surface area (TPSA) is 65.5 Å². The molecule has 0 saturated heterocycles. The molecule has 1 aliphatic rings. The summed E-state index contributed by atoms with van der Waals surface area (Å²) in [5.41, 5.74) is 0.995. The maximum atomic E-state index is 13.5. The zero-order valence-corrected chi connectivity index (χ0v) is 17.2. The number of carbonyl (C=O) groups excluding carboxylic acids is 1. The Balaban J connectivity index is 0.00000312. The highest BCUT2D eigenvalue weighted by molar-refractivity contribution is 14.0. The quantitative estimate of drug-likeness (QED) is 0.316. The largest absolute Gasteiger partial charge is 0.357 e. The number of benzene rings is 1. The van der Waals surface area contributed by atoms with Gasteiger partial charge in [-0.2, -0.15) is 0 Å². The molecule has 0 aliphatic heterocycles. The van der Waals surface area contributed by atoms with Crippen LogP contribution in [0.2, 0.25) is 0 Å². The molecule has 140 valence electrons. The van der Waals surface area contributed by atoms with E-state index in [2.05, 4.69) is 20.9 Å². The van der Waals surface area contributed by atoms with Crippen molar-refractivity contribution in [1.82, 2.24) is 16.0 Å². The van der Waals surface area contributed by atoms with Gasteiger partial charge in [-0.1, -0.05) is 19.1 Å². The first kappa shape index (κ1) is 21.7. The fourth-order valence-electron chi connectivity index (χ4n) is 2.60. The van der Waals surface area contributed by atoms with Gasteiger partial charge in [0.25, 0.3) is 0 Å². The van der Waals surface area contributed by atoms with Crippen LogP contribution < -0.4 is 16.0 Å². The summed E-state index contributed by atoms with van der Waals surface area (Å²) in [7, 11) is 0. The molecule has 3 N–H and O–H groups in total. The second kappa shape index (κ2) is 10.6. The monoisotopic (exact) mass is 462 g/mol. The molecule has 2 rings (SSSR count). The maximum Gasteiger partial charge on any atom is 0.241 e. The van der Waals surface area contributed by atoms with Crippen LogP contribution in [0.4, 0.5) is 4.39 Å². The van der Waals surface area contributed by atoms with Crippen LogP contribution in [0, 0.1) is 5.82 Å². The first-order valence-corrected chi connectivity index (χ1v) is 8.64. The lowest BCUT2D eigenvalue weighted by molar-refractivity contribution is -0.119. The summed E-state index contributed by atoms with van der Waals surface area (Å²) in [6.07, 6.45) is 2.96. The van der Waals surface area contributed by atoms with E-state index in [-0.39, 0.29) is 47.7 Å². The summed E-state index contributed by atoms with van der Waals surface area (Å²) in [6.45, 7) is 6.15. The minimum Gasteiger partial charge on any atom is -0.357 e. The van der Waals surface area contributed by atoms with E-state index in [9.17, 15) is 9.18 Å². The van der Waals surface area contributed by atoms with Crippen LogP contribution in [-0.2, 0) is 10.2 Å². The smallest absolute Gasteiger partial charge is 0.241 e. The third kappa shape index (κ3) is 6.80. The molecule has 0 radical (unpaired) electrons. The molecule has 0 atom stereocenters. The molecule has 25 heavy (non-hydrogen) atoms. The van der Waals surface area contributed by atoms with Crippen molar-refractivity contribution < 1.29 is 9.18 Å². The van der Waals surface area contributed by atoms with Crippen molar-refractivity contribution in [1.29, 1.82) is 0 Å². The van der Waals surface area contributed by atoms with E-state index in [1.54, 1.807) is 12.1 Å². The SMILES string of the molecule is CCCNC(=O)CN=C(NCC)NCC1(c2cccc(F)c2)CC1.I. The number of guanidine groups is 1. The third-order valence-electron chi connectivity index (χ3n) is 4.18. The summed E-state index contributed by atoms with van der Waals surface area (Å²) < 4.78 is 13.5. The number of hydrogen-bond acceptors (Lipinski definition) is 2. The van der Waals surface area contributed by atoms with Gasteiger partial charge in [-0.3, -0.25) is 4.79 Å². The van der Waals surface area contributed by atoms with Gasteiger partial charge in [-0.25, -0.2) is 9.38 Å². The fraction of sp³-hybridized carbons (Fsp3) is 0.556. The zero-order valence-electron chi connectivity index (χ0n) is 14.9. The zero-order chi connectivity index (χ0) is 17.4. The number of nitrogens with zero attached hydrogens (tertiary/aromatic N) is 1. The van der Waals surface area contributed by atoms with Crippen LogP contribution in [0.3, 0.4) is 0 Å². The summed E-state index contributed by atoms with van der Waals surface area (Å²) in [4.78, 5) is 16.0. The molecule has 0 unspecified atom stereocenters. The van der Waals surface area contributed by atoms with Crippen LogP contribution in [0.25, 0.3) is 0 Å². The van der Waals surface area contributed by atoms with Gasteiger partial charge in [0.15, 0.2) is 5.96 Å². The Morgan fingerprint density at radius 3 is 2.60 bits per heavy atom. The molecule has 1 saturated carbocycles. The van der Waals surface area contributed by atoms with Gasteiger partial charge in [-0.05, 0) is 43.9 Å². The van der Waals surface area contributed by atoms with Crippen LogP contribution in [0.15, 0.2) is 29.3 Å². The first-order chi connectivity index (χ1) is 11.6. The van der Waals surface area contributed by atoms with Gasteiger partial charge in [0.05, 0.1) is 0 Å². The van der Waals surface area contributed by atoms with E-state index in [0.717, 1.165) is 31.4 Å². The van der Waals surface area contributed by atoms with Gasteiger partial charge < -0.3 is 16.0 Å². The van der Waals surface area contributed by atoms with Crippen LogP contribution in [-0.4, -0.2) is 38.0 Å². The average molecular weight is 462 g/mol. The van der Waals surface area contributed by atoms with Gasteiger partial charge in [0.1, 0.15) is 12.4 Å². The Bertz CT molecular complexity index is 590. The number of carbonyl (C=O) groups is 1. The fourth-order valence-corrected chi connectivity index (χ4v) is 2.60. The van der Waals surface area contributed by atoms with E-state index >= 15 is 0 Å². The highest BCUT2D eigenvalue weighted by Crippen LogP contribution is 2.47. The summed E-state index contributed by atoms with van der Waals surface area (Å²) in [6, 6.07) is 6.80. The molecule has 5 nitrogen and oxygen atoms in total. The highest BCUT2D eigenvalue weighted by Gasteiger charge is 2.44. The first-order valence-electron chi connectivity index (χ1n) is 8.64. The summed E-state index contributed by atoms with van der Waals surface area (Å²) in [5, 5.41) is 9.23. The molecular weight excluding hydrogens is 434 g/mol. The Hall–Kier alpha value is -1.38. The third-order valence-corrected chi connectivity index (χ3v) is 4.18. The standard InChI is InChI=1S/C18H27FN4O.HI/c1-3-10-21-16(24)12-22-17(20-4-2)23-13-18(8-9-18)14-6-5-7-15(19)11-14;/h5-7,11H,3-4,8-10,12-13H2,1-2H3,(H,21,24)(H2,20,22,23);1H. The van der Waals surface area contributed by atoms with Crippen molar-refractivity contribution in [2.24, 2.45) is 4.99 Å². The van der Waals surface area contributed by atoms with Gasteiger partial charge >= 0.3 is 0 Å². The molecule has 7 heteroatoms. The molecule has 0 heterocycles. The maximum absolute atomic E-state index is 13.5. The van der Waals surface area contributed by atoms with Crippen LogP contribution in [0.1, 0.15) is 38.7 Å². The number of hydrogen-bond donors (Lipinski definition) is 3. The van der Waals surface area contributed by atoms with Crippen molar-refractivity contribution in [3.63, 3.8) is 0 Å². The number of nitrogens with one attached hydrogen (secondary N) is 3. The van der Waals surface area contributed by atoms with Crippen molar-refractivity contribution >= 4 is 35.8 Å². The van der Waals surface area contributed by atoms with Crippen molar-refractivity contribution in [2.45, 2.75) is 38.5 Å². The lowest BCUT2D eigenvalue weighted by atomic mass is 9.96. The average Bonchev–Trinajstić information content (AvgIpc) is 3.36. The van der Waals surface area contributed by atoms with E-state index in [1.165, 1.54) is 6.07 Å². The Kier molecular flexibility index (Phi) is 9.16. The van der Waals surface area contributed by atoms with Crippen molar-refractivity contribution in [3.05, 3.63) is 35.6 Å². The molecule has 0 aromatic heterocycles. The second-order valence-electron chi connectivity index (χ2n) is 6.19. The molecular formula is C18H28FIN4O. The lowest BCUT2D eigenvalue weighted by Gasteiger charge is -2.19. The van der Waals surface area contributed by atoms with Crippen molar-refractivity contribution in [3.8, 4) is 0 Å². The van der Waals surface area contributed by atoms with E-state index in [4.69, 9.17) is 0 Å². The molecule has 1 aliphatic carbocycles. The molecule has 0 bridgehead atoms. The molecule has 1 aromatic carbocycles. The van der Waals surface area contributed by atoms with Crippen LogP contribution >= 0.6 is 24.0 Å². The number of amides is 1. The molecule has 1 amide bonds. The number of rotatable bonds is 8. The van der Waals surface area contributed by atoms with Gasteiger partial charge in [-0.15, -0.1) is 24.0 Å². The van der Waals surface area contributed by atoms with E-state index in [1.807, 2.05) is 19.9 Å². The molecule has 0 spiro atoms. The lowest BCUT2D eigenvalue weighted by Crippen LogP contribution is -2.42. The van der Waals surface area contributed by atoms with E-state index in [0.29, 0.717) is 19.0 Å². The minimum atomic E-state index is -0.202. The number of halogens is 2. The van der Waals surface area contributed by atoms with Gasteiger partial charge in [0.2, 0.25) is 5.91 Å². The van der Waals surface area contributed by atoms with Gasteiger partial charge in [0, 0.05) is 25.0 Å². The summed E-state index contributed by atoms with van der Waals surface area (Å²) >= 11 is 0. The predicted octanol–water partition coefficient (Wildman–Crippen LogP) is 2.56. The Morgan fingerprint density at radius 1 is 1.24 bits per heavy atom. The minimum absolute atomic E-state index is 0. The normalized spacial score (nSPS) is 15.1. The van der Waals surface area contributed by atoms with Crippen LogP contribution in [0.5, 0.6) is 0 Å². The Labute approximate surface area is 166 Å². The van der Waals surface area contributed by atoms with Crippen molar-refractivity contribution in [2.75, 3.05) is 26.2 Å². The predicted molar refractivity (Wildman–Crippen MR) is 110 cm³/mol. The molecule has 1 fully saturated rings. The second-order valence-corrected chi connectivity index (χ2v) is 6.19. The summed E-state index contributed by atoms with van der Waals surface area (Å²) in [5.74, 6) is 0.332. The van der Waals surface area contributed by atoms with E-state index < -0.39 is 0 Å². The number of aliphatic imine (C=N–C) groups is 1.